The van der Waals surface area contributed by atoms with Crippen LogP contribution in [-0.2, 0) is 16.1 Å². The first-order valence-electron chi connectivity index (χ1n) is 11.5. The number of pyridine rings is 1. The molecule has 1 amide bonds. The van der Waals surface area contributed by atoms with E-state index in [1.165, 1.54) is 23.2 Å². The van der Waals surface area contributed by atoms with Gasteiger partial charge in [0.1, 0.15) is 0 Å². The van der Waals surface area contributed by atoms with E-state index in [2.05, 4.69) is 15.3 Å². The highest BCUT2D eigenvalue weighted by molar-refractivity contribution is 6.07. The Hall–Kier alpha value is -4.10. The van der Waals surface area contributed by atoms with Crippen molar-refractivity contribution in [3.8, 4) is 0 Å². The van der Waals surface area contributed by atoms with Gasteiger partial charge in [0, 0.05) is 44.5 Å². The van der Waals surface area contributed by atoms with Gasteiger partial charge in [-0.05, 0) is 42.7 Å². The van der Waals surface area contributed by atoms with Crippen LogP contribution in [0.5, 0.6) is 0 Å². The van der Waals surface area contributed by atoms with Gasteiger partial charge in [0.15, 0.2) is 11.5 Å². The molecule has 1 aliphatic carbocycles. The van der Waals surface area contributed by atoms with Crippen LogP contribution < -0.4 is 11.1 Å². The lowest BCUT2D eigenvalue weighted by molar-refractivity contribution is -0.151. The number of hydrogen-bond donors (Lipinski definition) is 3. The van der Waals surface area contributed by atoms with Gasteiger partial charge in [-0.15, -0.1) is 0 Å². The fourth-order valence-electron chi connectivity index (χ4n) is 3.52. The van der Waals surface area contributed by atoms with Crippen LogP contribution in [0.1, 0.15) is 25.3 Å². The summed E-state index contributed by atoms with van der Waals surface area (Å²) in [5, 5.41) is 11.6. The van der Waals surface area contributed by atoms with Gasteiger partial charge in [-0.25, -0.2) is 9.98 Å². The van der Waals surface area contributed by atoms with Gasteiger partial charge in [-0.1, -0.05) is 18.2 Å². The molecule has 1 aromatic heterocycles. The standard InChI is InChI=1S/C23H24F3N5O3.C2H3F3/c1-31(21(32)15-10-16(11-15)22(33)34)13-14-5-7-17(8-6-14)29-18(12-27)20(23(24,25)26)30-19-4-2-3-9-28-19;1-2(3,4)5/h2-9,12,15-16,29H,10-11,13,27H2,1H3,(H,33,34);1H3/b18-12+,30-20-;. The fourth-order valence-corrected chi connectivity index (χ4v) is 3.52. The smallest absolute Gasteiger partial charge is 0.435 e. The summed E-state index contributed by atoms with van der Waals surface area (Å²) in [5.74, 6) is -1.91. The second-order valence-corrected chi connectivity index (χ2v) is 8.73. The second-order valence-electron chi connectivity index (χ2n) is 8.73. The molecule has 8 nitrogen and oxygen atoms in total. The first-order valence-corrected chi connectivity index (χ1v) is 11.5. The van der Waals surface area contributed by atoms with E-state index in [4.69, 9.17) is 10.8 Å². The Labute approximate surface area is 220 Å². The van der Waals surface area contributed by atoms with Crippen LogP contribution in [0.15, 0.2) is 65.6 Å². The molecule has 0 atom stereocenters. The van der Waals surface area contributed by atoms with Crippen molar-refractivity contribution >= 4 is 29.1 Å². The molecule has 1 fully saturated rings. The van der Waals surface area contributed by atoms with Crippen molar-refractivity contribution in [3.63, 3.8) is 0 Å². The van der Waals surface area contributed by atoms with E-state index in [1.807, 2.05) is 0 Å². The van der Waals surface area contributed by atoms with Gasteiger partial charge >= 0.3 is 18.3 Å². The number of carboxylic acids is 1. The molecule has 0 spiro atoms. The molecule has 1 aliphatic rings. The molecule has 0 saturated heterocycles. The second kappa shape index (κ2) is 13.1. The van der Waals surface area contributed by atoms with Crippen molar-refractivity contribution in [1.82, 2.24) is 9.88 Å². The average Bonchev–Trinajstić information content (AvgIpc) is 2.80. The number of aliphatic imine (C=N–C) groups is 1. The predicted molar refractivity (Wildman–Crippen MR) is 132 cm³/mol. The number of nitrogens with zero attached hydrogens (tertiary/aromatic N) is 3. The Balaban J connectivity index is 0.000000976. The molecule has 0 aliphatic heterocycles. The number of halogens is 6. The fraction of sp³-hybridized carbons (Fsp3) is 0.360. The molecule has 0 radical (unpaired) electrons. The zero-order chi connectivity index (χ0) is 29.4. The minimum atomic E-state index is -4.78. The van der Waals surface area contributed by atoms with Crippen molar-refractivity contribution < 1.29 is 41.0 Å². The normalized spacial score (nSPS) is 17.8. The summed E-state index contributed by atoms with van der Waals surface area (Å²) >= 11 is 0. The topological polar surface area (TPSA) is 121 Å². The number of hydrogen-bond acceptors (Lipinski definition) is 6. The SMILES string of the molecule is CC(F)(F)F.CN(Cc1ccc(NC(=C/N)/C(=N/c2ccccn2)C(F)(F)F)cc1)C(=O)C1CC(C(=O)O)C1. The maximum absolute atomic E-state index is 13.6. The highest BCUT2D eigenvalue weighted by Crippen LogP contribution is 2.35. The minimum absolute atomic E-state index is 0.111. The van der Waals surface area contributed by atoms with E-state index >= 15 is 0 Å². The Kier molecular flexibility index (Phi) is 10.5. The van der Waals surface area contributed by atoms with Crippen LogP contribution in [0, 0.1) is 11.8 Å². The number of aromatic nitrogens is 1. The Morgan fingerprint density at radius 2 is 1.69 bits per heavy atom. The van der Waals surface area contributed by atoms with Gasteiger partial charge in [-0.2, -0.15) is 26.3 Å². The number of anilines is 1. The number of carbonyl (C=O) groups is 2. The predicted octanol–water partition coefficient (Wildman–Crippen LogP) is 5.27. The highest BCUT2D eigenvalue weighted by atomic mass is 19.4. The lowest BCUT2D eigenvalue weighted by Gasteiger charge is -2.34. The van der Waals surface area contributed by atoms with Gasteiger partial charge in [0.25, 0.3) is 0 Å². The molecule has 14 heteroatoms. The maximum atomic E-state index is 13.6. The summed E-state index contributed by atoms with van der Waals surface area (Å²) < 4.78 is 72.0. The first kappa shape index (κ1) is 31.1. The summed E-state index contributed by atoms with van der Waals surface area (Å²) in [4.78, 5) is 32.3. The van der Waals surface area contributed by atoms with Crippen LogP contribution >= 0.6 is 0 Å². The monoisotopic (exact) mass is 559 g/mol. The lowest BCUT2D eigenvalue weighted by Crippen LogP contribution is -2.41. The Morgan fingerprint density at radius 3 is 2.15 bits per heavy atom. The molecule has 0 bridgehead atoms. The number of alkyl halides is 6. The number of carbonyl (C=O) groups excluding carboxylic acids is 1. The molecule has 212 valence electrons. The molecular formula is C25H27F6N5O3. The molecule has 1 heterocycles. The summed E-state index contributed by atoms with van der Waals surface area (Å²) in [7, 11) is 1.63. The average molecular weight is 560 g/mol. The van der Waals surface area contributed by atoms with Crippen LogP contribution in [0.25, 0.3) is 0 Å². The Bertz CT molecular complexity index is 1170. The van der Waals surface area contributed by atoms with Crippen molar-refractivity contribution in [1.29, 1.82) is 0 Å². The third-order valence-corrected chi connectivity index (χ3v) is 5.43. The largest absolute Gasteiger partial charge is 0.481 e. The summed E-state index contributed by atoms with van der Waals surface area (Å²) in [6.45, 7) is 0.467. The number of amides is 1. The zero-order valence-corrected chi connectivity index (χ0v) is 20.9. The number of allylic oxidation sites excluding steroid dienone is 1. The van der Waals surface area contributed by atoms with Crippen LogP contribution in [0.3, 0.4) is 0 Å². The number of benzene rings is 1. The minimum Gasteiger partial charge on any atom is -0.481 e. The quantitative estimate of drug-likeness (QED) is 0.300. The number of carboxylic acid groups (broad SMARTS) is 1. The molecule has 4 N–H and O–H groups in total. The van der Waals surface area contributed by atoms with Crippen LogP contribution in [0.4, 0.5) is 37.8 Å². The Morgan fingerprint density at radius 1 is 1.10 bits per heavy atom. The molecule has 3 rings (SSSR count). The number of aliphatic carboxylic acids is 1. The molecular weight excluding hydrogens is 532 g/mol. The van der Waals surface area contributed by atoms with Crippen LogP contribution in [-0.4, -0.2) is 52.0 Å². The van der Waals surface area contributed by atoms with Crippen molar-refractivity contribution in [3.05, 3.63) is 66.1 Å². The van der Waals surface area contributed by atoms with Gasteiger partial charge in [-0.3, -0.25) is 9.59 Å². The van der Waals surface area contributed by atoms with Gasteiger partial charge in [0.2, 0.25) is 5.91 Å². The molecule has 39 heavy (non-hydrogen) atoms. The zero-order valence-electron chi connectivity index (χ0n) is 20.9. The van der Waals surface area contributed by atoms with Gasteiger partial charge < -0.3 is 21.1 Å². The van der Waals surface area contributed by atoms with E-state index in [-0.39, 0.29) is 31.1 Å². The third kappa shape index (κ3) is 10.3. The number of nitrogens with two attached hydrogens (primary N) is 1. The van der Waals surface area contributed by atoms with Crippen molar-refractivity contribution in [2.24, 2.45) is 22.6 Å². The molecule has 2 aromatic rings. The van der Waals surface area contributed by atoms with E-state index in [9.17, 15) is 35.9 Å². The van der Waals surface area contributed by atoms with Gasteiger partial charge in [0.05, 0.1) is 11.6 Å². The summed E-state index contributed by atoms with van der Waals surface area (Å²) in [6.07, 6.45) is -5.99. The van der Waals surface area contributed by atoms with Crippen molar-refractivity contribution in [2.45, 2.75) is 38.7 Å². The summed E-state index contributed by atoms with van der Waals surface area (Å²) in [6, 6.07) is 10.9. The third-order valence-electron chi connectivity index (χ3n) is 5.43. The van der Waals surface area contributed by atoms with E-state index in [0.717, 1.165) is 11.8 Å². The molecule has 1 saturated carbocycles. The van der Waals surface area contributed by atoms with E-state index in [1.54, 1.807) is 37.4 Å². The molecule has 1 aromatic carbocycles. The van der Waals surface area contributed by atoms with Crippen molar-refractivity contribution in [2.75, 3.05) is 12.4 Å². The van der Waals surface area contributed by atoms with E-state index in [0.29, 0.717) is 18.5 Å². The number of rotatable bonds is 8. The highest BCUT2D eigenvalue weighted by Gasteiger charge is 2.40. The maximum Gasteiger partial charge on any atom is 0.435 e. The number of nitrogens with one attached hydrogen (secondary N) is 1. The first-order chi connectivity index (χ1) is 18.1. The van der Waals surface area contributed by atoms with E-state index < -0.39 is 35.6 Å². The summed E-state index contributed by atoms with van der Waals surface area (Å²) in [5.41, 5.74) is 4.92. The molecule has 0 unspecified atom stereocenters. The lowest BCUT2D eigenvalue weighted by atomic mass is 9.74. The van der Waals surface area contributed by atoms with Crippen LogP contribution in [0.2, 0.25) is 0 Å².